The van der Waals surface area contributed by atoms with Crippen LogP contribution in [-0.2, 0) is 6.54 Å². The Hall–Kier alpha value is -1.01. The van der Waals surface area contributed by atoms with Gasteiger partial charge in [0.1, 0.15) is 0 Å². The normalized spacial score (nSPS) is 11.6. The van der Waals surface area contributed by atoms with Gasteiger partial charge in [-0.2, -0.15) is 13.2 Å². The van der Waals surface area contributed by atoms with Crippen molar-refractivity contribution < 1.29 is 17.9 Å². The van der Waals surface area contributed by atoms with Gasteiger partial charge in [-0.15, -0.1) is 0 Å². The zero-order valence-electron chi connectivity index (χ0n) is 9.14. The third kappa shape index (κ3) is 5.23. The first-order chi connectivity index (χ1) is 7.92. The Balaban J connectivity index is 2.67. The molecule has 0 amide bonds. The first kappa shape index (κ1) is 14.1. The van der Waals surface area contributed by atoms with Crippen LogP contribution in [0, 0.1) is 0 Å². The van der Waals surface area contributed by atoms with Crippen LogP contribution < -0.4 is 10.1 Å². The fourth-order valence-corrected chi connectivity index (χ4v) is 1.24. The molecular formula is C10H12ClF3N2O. The van der Waals surface area contributed by atoms with Gasteiger partial charge < -0.3 is 10.1 Å². The molecule has 0 fully saturated rings. The van der Waals surface area contributed by atoms with Crippen molar-refractivity contribution in [2.75, 3.05) is 13.2 Å². The first-order valence-corrected chi connectivity index (χ1v) is 5.36. The van der Waals surface area contributed by atoms with E-state index in [0.29, 0.717) is 23.8 Å². The van der Waals surface area contributed by atoms with Crippen molar-refractivity contribution in [3.63, 3.8) is 0 Å². The molecule has 0 radical (unpaired) electrons. The number of nitrogens with zero attached hydrogens (tertiary/aromatic N) is 1. The van der Waals surface area contributed by atoms with Gasteiger partial charge in [-0.1, -0.05) is 18.5 Å². The summed E-state index contributed by atoms with van der Waals surface area (Å²) < 4.78 is 40.3. The van der Waals surface area contributed by atoms with Crippen molar-refractivity contribution in [2.24, 2.45) is 0 Å². The SMILES string of the molecule is CCNCc1nc(OCC(F)(F)F)ccc1Cl. The predicted molar refractivity (Wildman–Crippen MR) is 58.2 cm³/mol. The number of ether oxygens (including phenoxy) is 1. The first-order valence-electron chi connectivity index (χ1n) is 4.98. The van der Waals surface area contributed by atoms with E-state index in [2.05, 4.69) is 15.0 Å². The highest BCUT2D eigenvalue weighted by molar-refractivity contribution is 6.31. The number of halogens is 4. The van der Waals surface area contributed by atoms with E-state index in [-0.39, 0.29) is 5.88 Å². The Labute approximate surface area is 102 Å². The Morgan fingerprint density at radius 1 is 1.41 bits per heavy atom. The monoisotopic (exact) mass is 268 g/mol. The van der Waals surface area contributed by atoms with Gasteiger partial charge in [-0.3, -0.25) is 0 Å². The maximum Gasteiger partial charge on any atom is 0.422 e. The highest BCUT2D eigenvalue weighted by Crippen LogP contribution is 2.20. The molecule has 0 aliphatic heterocycles. The van der Waals surface area contributed by atoms with Crippen molar-refractivity contribution in [3.05, 3.63) is 22.8 Å². The van der Waals surface area contributed by atoms with E-state index in [1.807, 2.05) is 6.92 Å². The Bertz CT molecular complexity index is 371. The molecule has 1 heterocycles. The molecule has 96 valence electrons. The molecule has 0 saturated carbocycles. The molecule has 7 heteroatoms. The Morgan fingerprint density at radius 3 is 2.71 bits per heavy atom. The van der Waals surface area contributed by atoms with Crippen molar-refractivity contribution in [1.29, 1.82) is 0 Å². The summed E-state index contributed by atoms with van der Waals surface area (Å²) >= 11 is 5.84. The minimum absolute atomic E-state index is 0.0837. The summed E-state index contributed by atoms with van der Waals surface area (Å²) in [5, 5.41) is 3.37. The lowest BCUT2D eigenvalue weighted by Crippen LogP contribution is -2.20. The van der Waals surface area contributed by atoms with E-state index in [1.54, 1.807) is 0 Å². The quantitative estimate of drug-likeness (QED) is 0.892. The van der Waals surface area contributed by atoms with Gasteiger partial charge in [0.15, 0.2) is 6.61 Å². The number of aromatic nitrogens is 1. The van der Waals surface area contributed by atoms with E-state index in [1.165, 1.54) is 12.1 Å². The molecule has 17 heavy (non-hydrogen) atoms. The third-order valence-electron chi connectivity index (χ3n) is 1.82. The van der Waals surface area contributed by atoms with Crippen LogP contribution in [0.25, 0.3) is 0 Å². The summed E-state index contributed by atoms with van der Waals surface area (Å²) in [6, 6.07) is 2.77. The fraction of sp³-hybridized carbons (Fsp3) is 0.500. The summed E-state index contributed by atoms with van der Waals surface area (Å²) in [6.07, 6.45) is -4.37. The number of rotatable bonds is 5. The summed E-state index contributed by atoms with van der Waals surface area (Å²) in [7, 11) is 0. The molecule has 1 aromatic rings. The molecule has 0 aliphatic carbocycles. The topological polar surface area (TPSA) is 34.2 Å². The summed E-state index contributed by atoms with van der Waals surface area (Å²) in [5.41, 5.74) is 0.466. The number of hydrogen-bond acceptors (Lipinski definition) is 3. The standard InChI is InChI=1S/C10H12ClF3N2O/c1-2-15-5-8-7(11)3-4-9(16-8)17-6-10(12,13)14/h3-4,15H,2,5-6H2,1H3. The van der Waals surface area contributed by atoms with Crippen LogP contribution in [0.4, 0.5) is 13.2 Å². The molecule has 1 rings (SSSR count). The van der Waals surface area contributed by atoms with E-state index in [0.717, 1.165) is 0 Å². The van der Waals surface area contributed by atoms with Gasteiger partial charge in [-0.05, 0) is 12.6 Å². The zero-order valence-corrected chi connectivity index (χ0v) is 9.90. The molecule has 0 spiro atoms. The van der Waals surface area contributed by atoms with Crippen molar-refractivity contribution in [2.45, 2.75) is 19.6 Å². The second kappa shape index (κ2) is 6.07. The minimum atomic E-state index is -4.37. The highest BCUT2D eigenvalue weighted by atomic mass is 35.5. The molecule has 1 aromatic heterocycles. The molecule has 0 atom stereocenters. The Kier molecular flexibility index (Phi) is 5.02. The fourth-order valence-electron chi connectivity index (χ4n) is 1.07. The smallest absolute Gasteiger partial charge is 0.422 e. The average Bonchev–Trinajstić information content (AvgIpc) is 2.25. The molecule has 1 N–H and O–H groups in total. The molecule has 0 bridgehead atoms. The Morgan fingerprint density at radius 2 is 2.12 bits per heavy atom. The maximum atomic E-state index is 11.9. The molecular weight excluding hydrogens is 257 g/mol. The van der Waals surface area contributed by atoms with E-state index < -0.39 is 12.8 Å². The van der Waals surface area contributed by atoms with Crippen LogP contribution in [0.1, 0.15) is 12.6 Å². The minimum Gasteiger partial charge on any atom is -0.468 e. The van der Waals surface area contributed by atoms with Gasteiger partial charge in [0.25, 0.3) is 0 Å². The van der Waals surface area contributed by atoms with Gasteiger partial charge >= 0.3 is 6.18 Å². The van der Waals surface area contributed by atoms with Crippen LogP contribution in [0.2, 0.25) is 5.02 Å². The second-order valence-electron chi connectivity index (χ2n) is 3.26. The lowest BCUT2D eigenvalue weighted by atomic mass is 10.3. The van der Waals surface area contributed by atoms with E-state index in [9.17, 15) is 13.2 Å². The number of alkyl halides is 3. The van der Waals surface area contributed by atoms with E-state index in [4.69, 9.17) is 11.6 Å². The number of nitrogens with one attached hydrogen (secondary N) is 1. The molecule has 0 aromatic carbocycles. The third-order valence-corrected chi connectivity index (χ3v) is 2.16. The van der Waals surface area contributed by atoms with Crippen LogP contribution in [-0.4, -0.2) is 24.3 Å². The molecule has 0 unspecified atom stereocenters. The summed E-state index contributed by atoms with van der Waals surface area (Å²) in [4.78, 5) is 3.90. The van der Waals surface area contributed by atoms with Gasteiger partial charge in [0, 0.05) is 12.6 Å². The summed E-state index contributed by atoms with van der Waals surface area (Å²) in [5.74, 6) is -0.0837. The molecule has 0 saturated heterocycles. The maximum absolute atomic E-state index is 11.9. The average molecular weight is 269 g/mol. The lowest BCUT2D eigenvalue weighted by Gasteiger charge is -2.10. The van der Waals surface area contributed by atoms with Gasteiger partial charge in [0.2, 0.25) is 5.88 Å². The van der Waals surface area contributed by atoms with E-state index >= 15 is 0 Å². The molecule has 3 nitrogen and oxygen atoms in total. The second-order valence-corrected chi connectivity index (χ2v) is 3.67. The van der Waals surface area contributed by atoms with Gasteiger partial charge in [0.05, 0.1) is 10.7 Å². The predicted octanol–water partition coefficient (Wildman–Crippen LogP) is 2.79. The lowest BCUT2D eigenvalue weighted by molar-refractivity contribution is -0.154. The van der Waals surface area contributed by atoms with Crippen molar-refractivity contribution in [3.8, 4) is 5.88 Å². The van der Waals surface area contributed by atoms with Crippen molar-refractivity contribution in [1.82, 2.24) is 10.3 Å². The van der Waals surface area contributed by atoms with Crippen LogP contribution in [0.3, 0.4) is 0 Å². The number of hydrogen-bond donors (Lipinski definition) is 1. The zero-order chi connectivity index (χ0) is 12.9. The summed E-state index contributed by atoms with van der Waals surface area (Å²) in [6.45, 7) is 1.64. The van der Waals surface area contributed by atoms with Crippen LogP contribution in [0.5, 0.6) is 5.88 Å². The highest BCUT2D eigenvalue weighted by Gasteiger charge is 2.28. The van der Waals surface area contributed by atoms with Gasteiger partial charge in [-0.25, -0.2) is 4.98 Å². The van der Waals surface area contributed by atoms with Crippen LogP contribution in [0.15, 0.2) is 12.1 Å². The largest absolute Gasteiger partial charge is 0.468 e. The molecule has 0 aliphatic rings. The van der Waals surface area contributed by atoms with Crippen molar-refractivity contribution >= 4 is 11.6 Å². The number of pyridine rings is 1. The van der Waals surface area contributed by atoms with Crippen LogP contribution >= 0.6 is 11.6 Å².